The Labute approximate surface area is 830 Å². The first-order valence-electron chi connectivity index (χ1n) is 41.3. The van der Waals surface area contributed by atoms with Gasteiger partial charge in [0.1, 0.15) is 51.8 Å². The molecule has 0 radical (unpaired) electrons. The Morgan fingerprint density at radius 2 is 0.600 bits per heavy atom. The first kappa shape index (κ1) is 101. The molecular formula is C93H78Cl12F3N21O6. The molecule has 6 N–H and O–H groups in total. The van der Waals surface area contributed by atoms with Gasteiger partial charge in [-0.15, -0.1) is 0 Å². The Hall–Kier alpha value is -11.6. The SMILES string of the molecule is C=CC(=O)N1CCN(c2c(C#N)c(=O)n(-c3c(C)ccnc3C(C)C)c3nc(-c4c(F)c(Cl)c(Cl)c(N)c4Cl)c(Cl)cc23)CC1.C=CC(=O)N1CCN(c2c(C#N)c(=O)n(-c3c(C)ccnc3C(C)C)c3nc(-c4c(F)c(Cl)c(Cl)c(N)c4Cl)c(Cl)cc23)CC1.C=CC(=O)N1CCN(c2c(C#N)c(=O)n(-c3c(C)ccnc3C(C)C)c3nc(-c4c(F)c(Cl)c(Cl)c(N)c4Cl)c(Cl)cc23)CC1. The number of hydrogen-bond donors (Lipinski definition) is 3. The number of anilines is 6. The average molecular weight is 2070 g/mol. The first-order valence-corrected chi connectivity index (χ1v) is 45.8. The molecule has 15 rings (SSSR count). The maximum Gasteiger partial charge on any atom is 0.276 e. The van der Waals surface area contributed by atoms with Crippen LogP contribution in [0.2, 0.25) is 60.3 Å². The number of benzene rings is 3. The Balaban J connectivity index is 0.000000171. The number of aryl methyl sites for hydroxylation is 3. The van der Waals surface area contributed by atoms with E-state index in [1.165, 1.54) is 50.1 Å². The molecule has 0 atom stereocenters. The van der Waals surface area contributed by atoms with Crippen molar-refractivity contribution in [3.63, 3.8) is 0 Å². The van der Waals surface area contributed by atoms with Gasteiger partial charge in [-0.1, -0.05) is 200 Å². The minimum atomic E-state index is -0.999. The van der Waals surface area contributed by atoms with E-state index in [1.807, 2.05) is 77.0 Å². The molecule has 42 heteroatoms. The van der Waals surface area contributed by atoms with Crippen molar-refractivity contribution in [1.29, 1.82) is 15.8 Å². The van der Waals surface area contributed by atoms with Crippen LogP contribution in [0.5, 0.6) is 0 Å². The van der Waals surface area contributed by atoms with Gasteiger partial charge in [-0.2, -0.15) is 15.8 Å². The minimum absolute atomic E-state index is 0.0520. The molecule has 696 valence electrons. The smallest absolute Gasteiger partial charge is 0.276 e. The summed E-state index contributed by atoms with van der Waals surface area (Å²) in [6.07, 6.45) is 8.61. The molecule has 3 fully saturated rings. The van der Waals surface area contributed by atoms with Crippen molar-refractivity contribution < 1.29 is 27.6 Å². The van der Waals surface area contributed by atoms with E-state index < -0.39 is 49.2 Å². The maximum atomic E-state index is 15.7. The zero-order chi connectivity index (χ0) is 98.7. The third-order valence-corrected chi connectivity index (χ3v) is 27.8. The lowest BCUT2D eigenvalue weighted by molar-refractivity contribution is -0.127. The first-order chi connectivity index (χ1) is 64.0. The van der Waals surface area contributed by atoms with Crippen LogP contribution in [0.1, 0.15) is 110 Å². The molecule has 0 aliphatic carbocycles. The van der Waals surface area contributed by atoms with E-state index in [9.17, 15) is 44.6 Å². The fourth-order valence-electron chi connectivity index (χ4n) is 16.5. The number of nitriles is 3. The summed E-state index contributed by atoms with van der Waals surface area (Å²) in [5.41, 5.74) is 19.9. The van der Waals surface area contributed by atoms with Crippen LogP contribution in [0.4, 0.5) is 47.3 Å². The molecule has 3 amide bonds. The molecule has 27 nitrogen and oxygen atoms in total. The number of fused-ring (bicyclic) bond motifs is 3. The van der Waals surface area contributed by atoms with Gasteiger partial charge in [0.15, 0.2) is 17.5 Å². The van der Waals surface area contributed by atoms with Gasteiger partial charge in [0, 0.05) is 113 Å². The van der Waals surface area contributed by atoms with Crippen LogP contribution in [0.15, 0.2) is 107 Å². The Bertz CT molecular complexity index is 6640. The molecule has 3 aliphatic heterocycles. The van der Waals surface area contributed by atoms with Crippen molar-refractivity contribution in [2.75, 3.05) is 110 Å². The number of hydrogen-bond acceptors (Lipinski definition) is 21. The highest BCUT2D eigenvalue weighted by atomic mass is 35.5. The van der Waals surface area contributed by atoms with Crippen molar-refractivity contribution in [3.8, 4) is 69.0 Å². The van der Waals surface area contributed by atoms with E-state index in [1.54, 1.807) is 51.5 Å². The molecule has 0 saturated carbocycles. The summed E-state index contributed by atoms with van der Waals surface area (Å²) in [6.45, 7) is 31.4. The number of nitrogen functional groups attached to an aromatic ring is 3. The largest absolute Gasteiger partial charge is 0.396 e. The monoisotopic (exact) mass is 2060 g/mol. The number of nitrogens with zero attached hydrogens (tertiary/aromatic N) is 18. The topological polar surface area (TPSA) is 363 Å². The van der Waals surface area contributed by atoms with Crippen molar-refractivity contribution >= 4 is 224 Å². The van der Waals surface area contributed by atoms with E-state index in [0.717, 1.165) is 0 Å². The van der Waals surface area contributed by atoms with Gasteiger partial charge >= 0.3 is 0 Å². The summed E-state index contributed by atoms with van der Waals surface area (Å²) in [7, 11) is 0. The lowest BCUT2D eigenvalue weighted by Crippen LogP contribution is -2.49. The second kappa shape index (κ2) is 40.7. The number of aromatic nitrogens is 9. The van der Waals surface area contributed by atoms with E-state index in [0.29, 0.717) is 146 Å². The number of rotatable bonds is 15. The average Bonchev–Trinajstić information content (AvgIpc) is 0.728. The number of pyridine rings is 9. The molecular weight excluding hydrogens is 1990 g/mol. The van der Waals surface area contributed by atoms with Gasteiger partial charge in [0.05, 0.1) is 162 Å². The van der Waals surface area contributed by atoms with Gasteiger partial charge in [-0.25, -0.2) is 28.1 Å². The van der Waals surface area contributed by atoms with E-state index >= 15 is 13.2 Å². The van der Waals surface area contributed by atoms with Gasteiger partial charge in [0.25, 0.3) is 16.7 Å². The Kier molecular flexibility index (Phi) is 30.4. The van der Waals surface area contributed by atoms with Crippen LogP contribution in [-0.2, 0) is 14.4 Å². The molecule has 3 aliphatic rings. The summed E-state index contributed by atoms with van der Waals surface area (Å²) < 4.78 is 51.0. The highest BCUT2D eigenvalue weighted by Gasteiger charge is 2.38. The minimum Gasteiger partial charge on any atom is -0.396 e. The number of halogens is 15. The predicted molar refractivity (Wildman–Crippen MR) is 533 cm³/mol. The van der Waals surface area contributed by atoms with E-state index in [4.69, 9.17) is 171 Å². The molecule has 3 saturated heterocycles. The van der Waals surface area contributed by atoms with Crippen LogP contribution in [-0.4, -0.2) is 155 Å². The molecule has 12 aromatic rings. The fraction of sp³-hybridized carbons (Fsp3) is 0.258. The summed E-state index contributed by atoms with van der Waals surface area (Å²) in [5, 5.41) is 29.1. The zero-order valence-corrected chi connectivity index (χ0v) is 82.2. The van der Waals surface area contributed by atoms with Gasteiger partial charge in [-0.05, 0) is 110 Å². The van der Waals surface area contributed by atoms with Crippen molar-refractivity contribution in [2.45, 2.75) is 80.1 Å². The highest BCUT2D eigenvalue weighted by Crippen LogP contribution is 2.52. The lowest BCUT2D eigenvalue weighted by atomic mass is 10.0. The van der Waals surface area contributed by atoms with Crippen LogP contribution >= 0.6 is 139 Å². The Morgan fingerprint density at radius 3 is 0.800 bits per heavy atom. The second-order valence-corrected chi connectivity index (χ2v) is 36.9. The van der Waals surface area contributed by atoms with Crippen molar-refractivity contribution in [1.82, 2.24) is 58.3 Å². The molecule has 0 bridgehead atoms. The van der Waals surface area contributed by atoms with Gasteiger partial charge in [-0.3, -0.25) is 57.4 Å². The van der Waals surface area contributed by atoms with Crippen LogP contribution < -0.4 is 48.6 Å². The number of carbonyl (C=O) groups is 3. The summed E-state index contributed by atoms with van der Waals surface area (Å²) >= 11 is 76.6. The van der Waals surface area contributed by atoms with Crippen LogP contribution in [0.3, 0.4) is 0 Å². The summed E-state index contributed by atoms with van der Waals surface area (Å²) in [4.78, 5) is 118. The molecule has 9 aromatic heterocycles. The second-order valence-electron chi connectivity index (χ2n) is 32.2. The normalized spacial score (nSPS) is 13.4. The molecule has 3 aromatic carbocycles. The molecule has 135 heavy (non-hydrogen) atoms. The van der Waals surface area contributed by atoms with E-state index in [-0.39, 0.29) is 182 Å². The third kappa shape index (κ3) is 18.2. The number of nitrogens with two attached hydrogens (primary N) is 3. The van der Waals surface area contributed by atoms with Gasteiger partial charge < -0.3 is 46.6 Å². The van der Waals surface area contributed by atoms with Gasteiger partial charge in [0.2, 0.25) is 17.7 Å². The zero-order valence-electron chi connectivity index (χ0n) is 73.2. The van der Waals surface area contributed by atoms with Crippen molar-refractivity contribution in [2.24, 2.45) is 0 Å². The number of amides is 3. The predicted octanol–water partition coefficient (Wildman–Crippen LogP) is 20.8. The maximum absolute atomic E-state index is 15.7. The summed E-state index contributed by atoms with van der Waals surface area (Å²) in [6, 6.07) is 16.0. The highest BCUT2D eigenvalue weighted by molar-refractivity contribution is 6.50. The standard InChI is InChI=1S/3C31H26Cl4FN7O2/c3*1-5-19(44)41-8-10-42(11-9-41)29-16-12-18(32)27(20-21(33)25(38)23(35)22(34)24(20)36)40-30(16)43(31(45)17(29)13-37)28-15(4)6-7-39-26(28)14(2)3/h3*5-7,12,14H,1,8-11,38H2,2-4H3. The molecule has 0 unspecified atom stereocenters. The van der Waals surface area contributed by atoms with Crippen LogP contribution in [0.25, 0.3) is 83.9 Å². The van der Waals surface area contributed by atoms with Crippen LogP contribution in [0, 0.1) is 72.2 Å². The number of carbonyl (C=O) groups excluding carboxylic acids is 3. The molecule has 12 heterocycles. The fourth-order valence-corrected chi connectivity index (χ4v) is 19.3. The Morgan fingerprint density at radius 1 is 0.378 bits per heavy atom. The quantitative estimate of drug-likeness (QED) is 0.0371. The number of piperazine rings is 3. The molecule has 0 spiro atoms. The summed E-state index contributed by atoms with van der Waals surface area (Å²) in [5.74, 6) is -4.06. The lowest BCUT2D eigenvalue weighted by Gasteiger charge is -2.36. The van der Waals surface area contributed by atoms with Crippen molar-refractivity contribution in [3.05, 3.63) is 252 Å². The third-order valence-electron chi connectivity index (χ3n) is 23.2. The van der Waals surface area contributed by atoms with E-state index in [2.05, 4.69) is 52.9 Å².